The van der Waals surface area contributed by atoms with Crippen LogP contribution in [-0.2, 0) is 0 Å². The summed E-state index contributed by atoms with van der Waals surface area (Å²) in [6, 6.07) is 5.13. The first kappa shape index (κ1) is 13.0. The topological polar surface area (TPSA) is 67.7 Å². The first-order valence-corrected chi connectivity index (χ1v) is 6.83. The molecule has 0 amide bonds. The second kappa shape index (κ2) is 5.96. The van der Waals surface area contributed by atoms with Crippen molar-refractivity contribution in [2.75, 3.05) is 18.4 Å². The van der Waals surface area contributed by atoms with Gasteiger partial charge in [-0.15, -0.1) is 5.10 Å². The van der Waals surface area contributed by atoms with Gasteiger partial charge < -0.3 is 10.6 Å². The number of rotatable bonds is 3. The number of nitrogens with one attached hydrogen (secondary N) is 2. The van der Waals surface area contributed by atoms with Crippen molar-refractivity contribution in [2.24, 2.45) is 0 Å². The van der Waals surface area contributed by atoms with Crippen molar-refractivity contribution in [1.29, 1.82) is 0 Å². The lowest BCUT2D eigenvalue weighted by molar-refractivity contribution is 0.605. The summed E-state index contributed by atoms with van der Waals surface area (Å²) < 4.78 is 15.4. The van der Waals surface area contributed by atoms with E-state index in [0.29, 0.717) is 11.7 Å². The lowest BCUT2D eigenvalue weighted by Crippen LogP contribution is -2.22. The maximum absolute atomic E-state index is 13.9. The second-order valence-electron chi connectivity index (χ2n) is 4.94. The molecule has 1 saturated heterocycles. The van der Waals surface area contributed by atoms with E-state index in [1.165, 1.54) is 17.1 Å². The van der Waals surface area contributed by atoms with Crippen LogP contribution in [0.25, 0.3) is 5.69 Å². The van der Waals surface area contributed by atoms with Crippen LogP contribution >= 0.6 is 0 Å². The smallest absolute Gasteiger partial charge is 0.146 e. The number of tetrazole rings is 1. The molecule has 1 aliphatic rings. The third kappa shape index (κ3) is 2.93. The van der Waals surface area contributed by atoms with Gasteiger partial charge in [0.05, 0.1) is 11.4 Å². The Bertz CT molecular complexity index is 548. The quantitative estimate of drug-likeness (QED) is 0.886. The zero-order valence-electron chi connectivity index (χ0n) is 11.1. The van der Waals surface area contributed by atoms with Gasteiger partial charge in [-0.2, -0.15) is 0 Å². The second-order valence-corrected chi connectivity index (χ2v) is 4.94. The van der Waals surface area contributed by atoms with Crippen LogP contribution in [0, 0.1) is 5.82 Å². The zero-order chi connectivity index (χ0) is 13.8. The molecule has 1 fully saturated rings. The standard InChI is InChI=1S/C13H17FN6/c14-12-4-3-11(20-9-16-18-19-20)8-13(12)17-10-2-1-6-15-7-5-10/h3-4,8-10,15,17H,1-2,5-7H2. The highest BCUT2D eigenvalue weighted by Crippen LogP contribution is 2.21. The average Bonchev–Trinajstić information content (AvgIpc) is 2.87. The third-order valence-corrected chi connectivity index (χ3v) is 3.50. The summed E-state index contributed by atoms with van der Waals surface area (Å²) >= 11 is 0. The Labute approximate surface area is 116 Å². The van der Waals surface area contributed by atoms with E-state index in [1.807, 2.05) is 0 Å². The molecule has 3 rings (SSSR count). The van der Waals surface area contributed by atoms with E-state index in [4.69, 9.17) is 0 Å². The van der Waals surface area contributed by atoms with Crippen molar-refractivity contribution in [1.82, 2.24) is 25.5 Å². The van der Waals surface area contributed by atoms with Gasteiger partial charge in [0.15, 0.2) is 0 Å². The zero-order valence-corrected chi connectivity index (χ0v) is 11.1. The van der Waals surface area contributed by atoms with Crippen molar-refractivity contribution >= 4 is 5.69 Å². The average molecular weight is 276 g/mol. The predicted octanol–water partition coefficient (Wildman–Crippen LogP) is 1.36. The molecular weight excluding hydrogens is 259 g/mol. The van der Waals surface area contributed by atoms with Gasteiger partial charge >= 0.3 is 0 Å². The van der Waals surface area contributed by atoms with Crippen molar-refractivity contribution < 1.29 is 4.39 Å². The van der Waals surface area contributed by atoms with Gasteiger partial charge in [0, 0.05) is 6.04 Å². The molecule has 2 aromatic rings. The number of benzene rings is 1. The molecule has 6 nitrogen and oxygen atoms in total. The van der Waals surface area contributed by atoms with Crippen LogP contribution in [0.4, 0.5) is 10.1 Å². The molecule has 0 aliphatic carbocycles. The molecule has 2 heterocycles. The minimum atomic E-state index is -0.251. The van der Waals surface area contributed by atoms with Gasteiger partial charge in [-0.25, -0.2) is 9.07 Å². The molecule has 1 aliphatic heterocycles. The van der Waals surface area contributed by atoms with Crippen LogP contribution in [0.2, 0.25) is 0 Å². The van der Waals surface area contributed by atoms with E-state index in [1.54, 1.807) is 12.1 Å². The van der Waals surface area contributed by atoms with Gasteiger partial charge in [0.1, 0.15) is 12.1 Å². The largest absolute Gasteiger partial charge is 0.380 e. The fourth-order valence-corrected chi connectivity index (χ4v) is 2.43. The van der Waals surface area contributed by atoms with Crippen molar-refractivity contribution in [3.05, 3.63) is 30.3 Å². The van der Waals surface area contributed by atoms with Crippen LogP contribution < -0.4 is 10.6 Å². The van der Waals surface area contributed by atoms with Gasteiger partial charge in [0.25, 0.3) is 0 Å². The molecule has 0 bridgehead atoms. The summed E-state index contributed by atoms with van der Waals surface area (Å²) in [5, 5.41) is 17.6. The Kier molecular flexibility index (Phi) is 3.87. The molecule has 1 unspecified atom stereocenters. The molecule has 7 heteroatoms. The summed E-state index contributed by atoms with van der Waals surface area (Å²) in [6.07, 6.45) is 4.63. The summed E-state index contributed by atoms with van der Waals surface area (Å²) in [4.78, 5) is 0. The minimum absolute atomic E-state index is 0.251. The fourth-order valence-electron chi connectivity index (χ4n) is 2.43. The Hall–Kier alpha value is -2.02. The molecular formula is C13H17FN6. The predicted molar refractivity (Wildman–Crippen MR) is 73.2 cm³/mol. The van der Waals surface area contributed by atoms with Gasteiger partial charge in [-0.3, -0.25) is 0 Å². The van der Waals surface area contributed by atoms with Gasteiger partial charge in [0.2, 0.25) is 0 Å². The van der Waals surface area contributed by atoms with E-state index in [9.17, 15) is 4.39 Å². The number of hydrogen-bond acceptors (Lipinski definition) is 5. The molecule has 1 atom stereocenters. The Balaban J connectivity index is 1.79. The number of hydrogen-bond donors (Lipinski definition) is 2. The van der Waals surface area contributed by atoms with E-state index in [2.05, 4.69) is 26.2 Å². The van der Waals surface area contributed by atoms with Crippen molar-refractivity contribution in [2.45, 2.75) is 25.3 Å². The van der Waals surface area contributed by atoms with Crippen LogP contribution in [0.15, 0.2) is 24.5 Å². The van der Waals surface area contributed by atoms with Gasteiger partial charge in [-0.05, 0) is 61.0 Å². The van der Waals surface area contributed by atoms with Gasteiger partial charge in [-0.1, -0.05) is 0 Å². The monoisotopic (exact) mass is 276 g/mol. The lowest BCUT2D eigenvalue weighted by Gasteiger charge is -2.18. The fraction of sp³-hybridized carbons (Fsp3) is 0.462. The molecule has 0 saturated carbocycles. The molecule has 0 spiro atoms. The van der Waals surface area contributed by atoms with E-state index in [0.717, 1.165) is 38.0 Å². The van der Waals surface area contributed by atoms with Crippen LogP contribution in [0.1, 0.15) is 19.3 Å². The summed E-state index contributed by atoms with van der Waals surface area (Å²) in [5.41, 5.74) is 1.25. The molecule has 20 heavy (non-hydrogen) atoms. The SMILES string of the molecule is Fc1ccc(-n2cnnn2)cc1NC1CCCNCC1. The normalized spacial score (nSPS) is 19.6. The number of aromatic nitrogens is 4. The number of anilines is 1. The highest BCUT2D eigenvalue weighted by Gasteiger charge is 2.14. The van der Waals surface area contributed by atoms with Crippen LogP contribution in [0.5, 0.6) is 0 Å². The third-order valence-electron chi connectivity index (χ3n) is 3.50. The Morgan fingerprint density at radius 1 is 1.30 bits per heavy atom. The lowest BCUT2D eigenvalue weighted by atomic mass is 10.1. The van der Waals surface area contributed by atoms with E-state index >= 15 is 0 Å². The van der Waals surface area contributed by atoms with Crippen molar-refractivity contribution in [3.8, 4) is 5.69 Å². The van der Waals surface area contributed by atoms with E-state index < -0.39 is 0 Å². The summed E-state index contributed by atoms with van der Waals surface area (Å²) in [7, 11) is 0. The van der Waals surface area contributed by atoms with Crippen LogP contribution in [0.3, 0.4) is 0 Å². The number of nitrogens with zero attached hydrogens (tertiary/aromatic N) is 4. The Morgan fingerprint density at radius 2 is 2.25 bits per heavy atom. The molecule has 0 radical (unpaired) electrons. The molecule has 1 aromatic carbocycles. The molecule has 106 valence electrons. The summed E-state index contributed by atoms with van der Waals surface area (Å²) in [5.74, 6) is -0.251. The minimum Gasteiger partial charge on any atom is -0.380 e. The maximum Gasteiger partial charge on any atom is 0.146 e. The Morgan fingerprint density at radius 3 is 3.10 bits per heavy atom. The maximum atomic E-state index is 13.9. The highest BCUT2D eigenvalue weighted by molar-refractivity contribution is 5.52. The molecule has 2 N–H and O–H groups in total. The van der Waals surface area contributed by atoms with E-state index in [-0.39, 0.29) is 5.82 Å². The highest BCUT2D eigenvalue weighted by atomic mass is 19.1. The molecule has 1 aromatic heterocycles. The van der Waals surface area contributed by atoms with Crippen LogP contribution in [-0.4, -0.2) is 39.3 Å². The van der Waals surface area contributed by atoms with Crippen molar-refractivity contribution in [3.63, 3.8) is 0 Å². The first-order chi connectivity index (χ1) is 9.83. The summed E-state index contributed by atoms with van der Waals surface area (Å²) in [6.45, 7) is 2.00. The first-order valence-electron chi connectivity index (χ1n) is 6.83. The number of halogens is 1.